The zero-order valence-corrected chi connectivity index (χ0v) is 22.2. The van der Waals surface area contributed by atoms with E-state index in [1.807, 2.05) is 6.07 Å². The molecule has 1 fully saturated rings. The first-order chi connectivity index (χ1) is 17.4. The highest BCUT2D eigenvalue weighted by Crippen LogP contribution is 2.27. The van der Waals surface area contributed by atoms with Gasteiger partial charge < -0.3 is 14.6 Å². The SMILES string of the molecule is C.CC(=O)C(c1cccc(=O)n1CCC(C)C)N1CC[C@@H](OCCCCc2ccc3c(n2)NCCC3)C1. The Balaban J connectivity index is 0.00000380. The van der Waals surface area contributed by atoms with Gasteiger partial charge in [-0.05, 0) is 75.5 Å². The van der Waals surface area contributed by atoms with Crippen molar-refractivity contribution in [1.82, 2.24) is 14.5 Å². The van der Waals surface area contributed by atoms with Crippen LogP contribution < -0.4 is 10.9 Å². The molecule has 0 aliphatic carbocycles. The largest absolute Gasteiger partial charge is 0.377 e. The lowest BCUT2D eigenvalue weighted by atomic mass is 10.1. The van der Waals surface area contributed by atoms with Crippen molar-refractivity contribution in [3.63, 3.8) is 0 Å². The third kappa shape index (κ3) is 7.74. The molecule has 0 bridgehead atoms. The van der Waals surface area contributed by atoms with Crippen LogP contribution in [0.2, 0.25) is 0 Å². The van der Waals surface area contributed by atoms with Crippen LogP contribution in [0.25, 0.3) is 0 Å². The van der Waals surface area contributed by atoms with Crippen LogP contribution in [0.15, 0.2) is 35.1 Å². The maximum Gasteiger partial charge on any atom is 0.250 e. The number of unbranched alkanes of at least 4 members (excludes halogenated alkanes) is 1. The molecule has 4 rings (SSSR count). The first-order valence-electron chi connectivity index (χ1n) is 13.7. The standard InChI is InChI=1S/C29H42N4O3.CH4/c1-21(2)14-18-33-26(10-6-11-27(33)35)28(22(3)34)32-17-15-25(20-32)36-19-5-4-9-24-13-12-23-8-7-16-30-29(23)31-24;/h6,10-13,21,25,28H,4-5,7-9,14-20H2,1-3H3,(H,30,31);1H4/t25-,28?;/m1./s1. The number of rotatable bonds is 12. The van der Waals surface area contributed by atoms with Crippen molar-refractivity contribution < 1.29 is 9.53 Å². The summed E-state index contributed by atoms with van der Waals surface area (Å²) in [4.78, 5) is 32.4. The minimum Gasteiger partial charge on any atom is -0.377 e. The zero-order valence-electron chi connectivity index (χ0n) is 22.2. The number of carbonyl (C=O) groups excluding carboxylic acids is 1. The average Bonchev–Trinajstić information content (AvgIpc) is 3.31. The lowest BCUT2D eigenvalue weighted by Gasteiger charge is -2.28. The van der Waals surface area contributed by atoms with Crippen LogP contribution in [-0.4, -0.2) is 52.6 Å². The molecule has 0 radical (unpaired) electrons. The van der Waals surface area contributed by atoms with E-state index in [1.54, 1.807) is 23.6 Å². The topological polar surface area (TPSA) is 76.5 Å². The van der Waals surface area contributed by atoms with Gasteiger partial charge in [-0.2, -0.15) is 0 Å². The van der Waals surface area contributed by atoms with Gasteiger partial charge in [0.05, 0.1) is 6.10 Å². The second kappa shape index (κ2) is 13.9. The van der Waals surface area contributed by atoms with E-state index in [2.05, 4.69) is 36.2 Å². The molecule has 2 aromatic heterocycles. The Kier molecular flexibility index (Phi) is 10.9. The normalized spacial score (nSPS) is 18.2. The van der Waals surface area contributed by atoms with E-state index in [0.29, 0.717) is 12.5 Å². The number of nitrogens with zero attached hydrogens (tertiary/aromatic N) is 3. The van der Waals surface area contributed by atoms with Crippen molar-refractivity contribution in [3.8, 4) is 0 Å². The first-order valence-corrected chi connectivity index (χ1v) is 13.7. The summed E-state index contributed by atoms with van der Waals surface area (Å²) in [5.41, 5.74) is 3.25. The van der Waals surface area contributed by atoms with Crippen molar-refractivity contribution in [2.75, 3.05) is 31.6 Å². The van der Waals surface area contributed by atoms with Gasteiger partial charge in [0.25, 0.3) is 5.56 Å². The van der Waals surface area contributed by atoms with E-state index in [4.69, 9.17) is 9.72 Å². The molecule has 2 aliphatic rings. The fraction of sp³-hybridized carbons (Fsp3) is 0.633. The Bertz CT molecular complexity index is 1080. The molecule has 4 heterocycles. The third-order valence-corrected chi connectivity index (χ3v) is 7.35. The zero-order chi connectivity index (χ0) is 25.5. The number of fused-ring (bicyclic) bond motifs is 1. The number of hydrogen-bond donors (Lipinski definition) is 1. The fourth-order valence-electron chi connectivity index (χ4n) is 5.34. The lowest BCUT2D eigenvalue weighted by Crippen LogP contribution is -2.37. The van der Waals surface area contributed by atoms with Crippen molar-refractivity contribution in [1.29, 1.82) is 0 Å². The predicted molar refractivity (Wildman–Crippen MR) is 150 cm³/mol. The molecule has 204 valence electrons. The van der Waals surface area contributed by atoms with Crippen LogP contribution in [0.5, 0.6) is 0 Å². The molecule has 1 N–H and O–H groups in total. The molecule has 37 heavy (non-hydrogen) atoms. The molecule has 2 aliphatic heterocycles. The van der Waals surface area contributed by atoms with E-state index in [9.17, 15) is 9.59 Å². The fourth-order valence-corrected chi connectivity index (χ4v) is 5.34. The lowest BCUT2D eigenvalue weighted by molar-refractivity contribution is -0.122. The highest BCUT2D eigenvalue weighted by Gasteiger charge is 2.33. The number of aryl methyl sites for hydroxylation is 2. The van der Waals surface area contributed by atoms with Crippen molar-refractivity contribution in [2.45, 2.75) is 91.8 Å². The monoisotopic (exact) mass is 510 g/mol. The van der Waals surface area contributed by atoms with Crippen molar-refractivity contribution >= 4 is 11.6 Å². The molecule has 0 spiro atoms. The number of pyridine rings is 2. The maximum atomic E-state index is 12.8. The van der Waals surface area contributed by atoms with Gasteiger partial charge in [0.15, 0.2) is 5.78 Å². The number of hydrogen-bond acceptors (Lipinski definition) is 6. The van der Waals surface area contributed by atoms with Gasteiger partial charge in [-0.25, -0.2) is 4.98 Å². The third-order valence-electron chi connectivity index (χ3n) is 7.35. The summed E-state index contributed by atoms with van der Waals surface area (Å²) in [6.07, 6.45) is 7.24. The van der Waals surface area contributed by atoms with E-state index in [1.165, 1.54) is 12.0 Å². The summed E-state index contributed by atoms with van der Waals surface area (Å²) in [5, 5.41) is 3.41. The van der Waals surface area contributed by atoms with Gasteiger partial charge in [-0.15, -0.1) is 0 Å². The van der Waals surface area contributed by atoms with Crippen LogP contribution in [0.4, 0.5) is 5.82 Å². The Morgan fingerprint density at radius 3 is 2.84 bits per heavy atom. The van der Waals surface area contributed by atoms with Crippen molar-refractivity contribution in [3.05, 3.63) is 57.6 Å². The minimum absolute atomic E-state index is 0. The van der Waals surface area contributed by atoms with Gasteiger partial charge in [0, 0.05) is 50.2 Å². The van der Waals surface area contributed by atoms with E-state index in [-0.39, 0.29) is 24.9 Å². The number of anilines is 1. The Labute approximate surface area is 222 Å². The van der Waals surface area contributed by atoms with Crippen LogP contribution in [0.1, 0.15) is 83.3 Å². The summed E-state index contributed by atoms with van der Waals surface area (Å²) in [6.45, 7) is 9.83. The van der Waals surface area contributed by atoms with Crippen LogP contribution in [0, 0.1) is 5.92 Å². The molecular formula is C30H46N4O3. The van der Waals surface area contributed by atoms with Crippen LogP contribution >= 0.6 is 0 Å². The van der Waals surface area contributed by atoms with E-state index in [0.717, 1.165) is 82.0 Å². The summed E-state index contributed by atoms with van der Waals surface area (Å²) in [5.74, 6) is 1.63. The highest BCUT2D eigenvalue weighted by molar-refractivity contribution is 5.82. The second-order valence-electron chi connectivity index (χ2n) is 10.7. The Hall–Kier alpha value is -2.51. The quantitative estimate of drug-likeness (QED) is 0.404. The second-order valence-corrected chi connectivity index (χ2v) is 10.7. The van der Waals surface area contributed by atoms with Crippen molar-refractivity contribution in [2.24, 2.45) is 5.92 Å². The highest BCUT2D eigenvalue weighted by atomic mass is 16.5. The number of Topliss-reactive ketones (excluding diaryl/α,β-unsaturated/α-hetero) is 1. The molecule has 7 heteroatoms. The Morgan fingerprint density at radius 2 is 2.05 bits per heavy atom. The van der Waals surface area contributed by atoms with Gasteiger partial charge >= 0.3 is 0 Å². The average molecular weight is 511 g/mol. The van der Waals surface area contributed by atoms with Gasteiger partial charge in [-0.1, -0.05) is 33.4 Å². The summed E-state index contributed by atoms with van der Waals surface area (Å²) in [7, 11) is 0. The predicted octanol–water partition coefficient (Wildman–Crippen LogP) is 5.03. The van der Waals surface area contributed by atoms with E-state index < -0.39 is 6.04 Å². The summed E-state index contributed by atoms with van der Waals surface area (Å²) >= 11 is 0. The van der Waals surface area contributed by atoms with Crippen LogP contribution in [0.3, 0.4) is 0 Å². The minimum atomic E-state index is -0.400. The molecular weight excluding hydrogens is 464 g/mol. The molecule has 2 aromatic rings. The number of likely N-dealkylation sites (tertiary alicyclic amines) is 1. The number of nitrogens with one attached hydrogen (secondary N) is 1. The molecule has 0 aromatic carbocycles. The maximum absolute atomic E-state index is 12.8. The molecule has 0 amide bonds. The summed E-state index contributed by atoms with van der Waals surface area (Å²) in [6, 6.07) is 9.28. The molecule has 1 unspecified atom stereocenters. The summed E-state index contributed by atoms with van der Waals surface area (Å²) < 4.78 is 8.00. The Morgan fingerprint density at radius 1 is 1.22 bits per heavy atom. The number of carbonyl (C=O) groups is 1. The number of ketones is 1. The van der Waals surface area contributed by atoms with Gasteiger partial charge in [-0.3, -0.25) is 14.5 Å². The van der Waals surface area contributed by atoms with Gasteiger partial charge in [0.2, 0.25) is 0 Å². The smallest absolute Gasteiger partial charge is 0.250 e. The molecule has 2 atom stereocenters. The van der Waals surface area contributed by atoms with E-state index >= 15 is 0 Å². The first kappa shape index (κ1) is 29.1. The van der Waals surface area contributed by atoms with Crippen LogP contribution in [-0.2, 0) is 28.9 Å². The molecule has 0 saturated carbocycles. The molecule has 1 saturated heterocycles. The number of ether oxygens (including phenoxy) is 1. The van der Waals surface area contributed by atoms with Gasteiger partial charge in [0.1, 0.15) is 11.9 Å². The number of aromatic nitrogens is 2. The molecule has 7 nitrogen and oxygen atoms in total.